The zero-order chi connectivity index (χ0) is 15.7. The second-order valence-corrected chi connectivity index (χ2v) is 6.05. The van der Waals surface area contributed by atoms with Crippen LogP contribution in [-0.2, 0) is 0 Å². The Bertz CT molecular complexity index is 685. The maximum atomic E-state index is 13.7. The minimum absolute atomic E-state index is 0.0888. The van der Waals surface area contributed by atoms with E-state index in [0.29, 0.717) is 17.6 Å². The first kappa shape index (κ1) is 15.0. The van der Waals surface area contributed by atoms with Crippen LogP contribution in [0.5, 0.6) is 0 Å². The third kappa shape index (κ3) is 2.83. The van der Waals surface area contributed by atoms with Gasteiger partial charge in [-0.2, -0.15) is 0 Å². The molecule has 2 aromatic rings. The SMILES string of the molecule is CN(CC1CCCCC1O)C(=O)c1cc(F)cc2[nH]cnc12. The van der Waals surface area contributed by atoms with Crippen LogP contribution in [0.3, 0.4) is 0 Å². The number of imidazole rings is 1. The highest BCUT2D eigenvalue weighted by molar-refractivity contribution is 6.04. The highest BCUT2D eigenvalue weighted by atomic mass is 19.1. The van der Waals surface area contributed by atoms with Crippen LogP contribution in [-0.4, -0.2) is 45.6 Å². The van der Waals surface area contributed by atoms with Gasteiger partial charge in [0, 0.05) is 19.5 Å². The van der Waals surface area contributed by atoms with Gasteiger partial charge in [0.05, 0.1) is 23.5 Å². The third-order valence-electron chi connectivity index (χ3n) is 4.44. The van der Waals surface area contributed by atoms with Crippen molar-refractivity contribution in [3.05, 3.63) is 29.8 Å². The average molecular weight is 305 g/mol. The van der Waals surface area contributed by atoms with Crippen LogP contribution in [0.4, 0.5) is 4.39 Å². The molecule has 1 aliphatic carbocycles. The van der Waals surface area contributed by atoms with Crippen LogP contribution in [0.2, 0.25) is 0 Å². The normalized spacial score (nSPS) is 22.0. The van der Waals surface area contributed by atoms with Crippen LogP contribution in [0.1, 0.15) is 36.0 Å². The number of aromatic amines is 1. The number of nitrogens with one attached hydrogen (secondary N) is 1. The Morgan fingerprint density at radius 3 is 3.00 bits per heavy atom. The molecule has 2 atom stereocenters. The van der Waals surface area contributed by atoms with Crippen LogP contribution in [0, 0.1) is 11.7 Å². The number of aliphatic hydroxyl groups is 1. The summed E-state index contributed by atoms with van der Waals surface area (Å²) in [7, 11) is 1.69. The van der Waals surface area contributed by atoms with E-state index in [2.05, 4.69) is 9.97 Å². The van der Waals surface area contributed by atoms with Crippen molar-refractivity contribution >= 4 is 16.9 Å². The Kier molecular flexibility index (Phi) is 4.11. The molecule has 1 amide bonds. The van der Waals surface area contributed by atoms with Gasteiger partial charge in [-0.05, 0) is 25.0 Å². The lowest BCUT2D eigenvalue weighted by molar-refractivity contribution is 0.0452. The number of halogens is 1. The molecule has 2 unspecified atom stereocenters. The van der Waals surface area contributed by atoms with Crippen molar-refractivity contribution < 1.29 is 14.3 Å². The van der Waals surface area contributed by atoms with Crippen LogP contribution >= 0.6 is 0 Å². The first-order valence-electron chi connectivity index (χ1n) is 7.62. The zero-order valence-corrected chi connectivity index (χ0v) is 12.6. The van der Waals surface area contributed by atoms with E-state index in [1.165, 1.54) is 18.5 Å². The summed E-state index contributed by atoms with van der Waals surface area (Å²) >= 11 is 0. The second kappa shape index (κ2) is 6.04. The van der Waals surface area contributed by atoms with Crippen molar-refractivity contribution in [2.75, 3.05) is 13.6 Å². The second-order valence-electron chi connectivity index (χ2n) is 6.05. The highest BCUT2D eigenvalue weighted by Gasteiger charge is 2.27. The lowest BCUT2D eigenvalue weighted by Gasteiger charge is -2.31. The van der Waals surface area contributed by atoms with Crippen molar-refractivity contribution in [2.45, 2.75) is 31.8 Å². The summed E-state index contributed by atoms with van der Waals surface area (Å²) in [6.45, 7) is 0.475. The molecule has 5 nitrogen and oxygen atoms in total. The van der Waals surface area contributed by atoms with Crippen molar-refractivity contribution in [1.29, 1.82) is 0 Å². The van der Waals surface area contributed by atoms with E-state index in [1.54, 1.807) is 11.9 Å². The summed E-state index contributed by atoms with van der Waals surface area (Å²) in [5.41, 5.74) is 1.24. The molecule has 1 fully saturated rings. The van der Waals surface area contributed by atoms with Gasteiger partial charge in [0.25, 0.3) is 5.91 Å². The van der Waals surface area contributed by atoms with Gasteiger partial charge in [0.1, 0.15) is 11.3 Å². The minimum Gasteiger partial charge on any atom is -0.393 e. The number of H-pyrrole nitrogens is 1. The van der Waals surface area contributed by atoms with Crippen LogP contribution in [0.25, 0.3) is 11.0 Å². The lowest BCUT2D eigenvalue weighted by atomic mass is 9.86. The van der Waals surface area contributed by atoms with Crippen LogP contribution in [0.15, 0.2) is 18.5 Å². The molecule has 1 heterocycles. The number of carbonyl (C=O) groups excluding carboxylic acids is 1. The molecule has 0 radical (unpaired) electrons. The standard InChI is InChI=1S/C16H20FN3O2/c1-20(8-10-4-2-3-5-14(10)21)16(22)12-6-11(17)7-13-15(12)19-9-18-13/h6-7,9-10,14,21H,2-5,8H2,1H3,(H,18,19). The number of hydrogen-bond acceptors (Lipinski definition) is 3. The minimum atomic E-state index is -0.466. The number of carbonyl (C=O) groups is 1. The molecule has 0 aliphatic heterocycles. The number of nitrogens with zero attached hydrogens (tertiary/aromatic N) is 2. The van der Waals surface area contributed by atoms with E-state index < -0.39 is 5.82 Å². The molecule has 1 saturated carbocycles. The summed E-state index contributed by atoms with van der Waals surface area (Å²) < 4.78 is 13.7. The van der Waals surface area contributed by atoms with Crippen LogP contribution < -0.4 is 0 Å². The molecule has 3 rings (SSSR count). The Hall–Kier alpha value is -1.95. The van der Waals surface area contributed by atoms with Crippen molar-refractivity contribution in [1.82, 2.24) is 14.9 Å². The van der Waals surface area contributed by atoms with Gasteiger partial charge in [-0.25, -0.2) is 9.37 Å². The number of amides is 1. The Morgan fingerprint density at radius 1 is 1.45 bits per heavy atom. The monoisotopic (exact) mass is 305 g/mol. The number of hydrogen-bond donors (Lipinski definition) is 2. The molecule has 2 N–H and O–H groups in total. The number of benzene rings is 1. The fourth-order valence-electron chi connectivity index (χ4n) is 3.22. The Balaban J connectivity index is 1.81. The molecule has 1 aliphatic rings. The predicted octanol–water partition coefficient (Wildman–Crippen LogP) is 2.33. The van der Waals surface area contributed by atoms with E-state index in [1.807, 2.05) is 0 Å². The van der Waals surface area contributed by atoms with E-state index in [-0.39, 0.29) is 23.5 Å². The molecular formula is C16H20FN3O2. The van der Waals surface area contributed by atoms with Gasteiger partial charge in [0.2, 0.25) is 0 Å². The average Bonchev–Trinajstić information content (AvgIpc) is 2.96. The molecule has 0 bridgehead atoms. The fraction of sp³-hybridized carbons (Fsp3) is 0.500. The highest BCUT2D eigenvalue weighted by Crippen LogP contribution is 2.26. The molecule has 22 heavy (non-hydrogen) atoms. The number of rotatable bonds is 3. The fourth-order valence-corrected chi connectivity index (χ4v) is 3.22. The summed E-state index contributed by atoms with van der Waals surface area (Å²) in [5.74, 6) is -0.647. The summed E-state index contributed by atoms with van der Waals surface area (Å²) in [4.78, 5) is 21.1. The first-order chi connectivity index (χ1) is 10.6. The lowest BCUT2D eigenvalue weighted by Crippen LogP contribution is -2.38. The zero-order valence-electron chi connectivity index (χ0n) is 12.6. The first-order valence-corrected chi connectivity index (χ1v) is 7.62. The summed E-state index contributed by atoms with van der Waals surface area (Å²) in [6, 6.07) is 2.54. The van der Waals surface area contributed by atoms with Crippen molar-refractivity contribution in [3.8, 4) is 0 Å². The van der Waals surface area contributed by atoms with E-state index in [4.69, 9.17) is 0 Å². The van der Waals surface area contributed by atoms with Gasteiger partial charge in [-0.3, -0.25) is 4.79 Å². The molecular weight excluding hydrogens is 285 g/mol. The van der Waals surface area contributed by atoms with Gasteiger partial charge >= 0.3 is 0 Å². The Labute approximate surface area is 128 Å². The Morgan fingerprint density at radius 2 is 2.23 bits per heavy atom. The molecule has 1 aromatic heterocycles. The largest absolute Gasteiger partial charge is 0.393 e. The van der Waals surface area contributed by atoms with E-state index in [0.717, 1.165) is 25.7 Å². The molecule has 0 saturated heterocycles. The predicted molar refractivity (Wildman–Crippen MR) is 81.0 cm³/mol. The summed E-state index contributed by atoms with van der Waals surface area (Å²) in [5, 5.41) is 10.0. The van der Waals surface area contributed by atoms with E-state index >= 15 is 0 Å². The molecule has 118 valence electrons. The number of aliphatic hydroxyl groups excluding tert-OH is 1. The quantitative estimate of drug-likeness (QED) is 0.914. The molecule has 1 aromatic carbocycles. The maximum Gasteiger partial charge on any atom is 0.255 e. The molecule has 6 heteroatoms. The van der Waals surface area contributed by atoms with Crippen molar-refractivity contribution in [3.63, 3.8) is 0 Å². The van der Waals surface area contributed by atoms with Gasteiger partial charge in [0.15, 0.2) is 0 Å². The van der Waals surface area contributed by atoms with E-state index in [9.17, 15) is 14.3 Å². The number of aromatic nitrogens is 2. The van der Waals surface area contributed by atoms with Gasteiger partial charge in [-0.15, -0.1) is 0 Å². The van der Waals surface area contributed by atoms with Gasteiger partial charge < -0.3 is 15.0 Å². The third-order valence-corrected chi connectivity index (χ3v) is 4.44. The topological polar surface area (TPSA) is 69.2 Å². The van der Waals surface area contributed by atoms with Gasteiger partial charge in [-0.1, -0.05) is 12.8 Å². The van der Waals surface area contributed by atoms with Crippen molar-refractivity contribution in [2.24, 2.45) is 5.92 Å². The maximum absolute atomic E-state index is 13.7. The number of fused-ring (bicyclic) bond motifs is 1. The smallest absolute Gasteiger partial charge is 0.255 e. The summed E-state index contributed by atoms with van der Waals surface area (Å²) in [6.07, 6.45) is 4.91. The molecule has 0 spiro atoms.